The van der Waals surface area contributed by atoms with E-state index in [0.29, 0.717) is 22.4 Å². The van der Waals surface area contributed by atoms with E-state index in [0.717, 1.165) is 5.56 Å². The van der Waals surface area contributed by atoms with Crippen molar-refractivity contribution < 1.29 is 33.3 Å². The summed E-state index contributed by atoms with van der Waals surface area (Å²) < 4.78 is 31.5. The average Bonchev–Trinajstić information content (AvgIpc) is 3.22. The molecule has 0 amide bonds. The molecule has 0 saturated carbocycles. The zero-order chi connectivity index (χ0) is 29.2. The van der Waals surface area contributed by atoms with Gasteiger partial charge in [0.05, 0.1) is 26.3 Å². The maximum absolute atomic E-state index is 15.1. The fraction of sp³-hybridized carbons (Fsp3) is 0.323. The molecule has 0 bridgehead atoms. The zero-order valence-electron chi connectivity index (χ0n) is 23.6. The van der Waals surface area contributed by atoms with Crippen molar-refractivity contribution >= 4 is 34.6 Å². The molecular formula is C31H34BrFN2O6. The largest absolute Gasteiger partial charge is 0.493 e. The molecule has 1 atom stereocenters. The first-order valence-electron chi connectivity index (χ1n) is 12.8. The molecule has 0 fully saturated rings. The fourth-order valence-electron chi connectivity index (χ4n) is 4.78. The van der Waals surface area contributed by atoms with E-state index in [1.807, 2.05) is 51.1 Å². The molecule has 2 N–H and O–H groups in total. The van der Waals surface area contributed by atoms with Crippen molar-refractivity contribution in [2.24, 2.45) is 0 Å². The van der Waals surface area contributed by atoms with Crippen LogP contribution in [0.5, 0.6) is 17.2 Å². The molecule has 0 saturated heterocycles. The molecule has 0 radical (unpaired) electrons. The minimum absolute atomic E-state index is 0. The van der Waals surface area contributed by atoms with E-state index in [1.165, 1.54) is 19.1 Å². The maximum Gasteiger partial charge on any atom is 0.345 e. The summed E-state index contributed by atoms with van der Waals surface area (Å²) in [6.45, 7) is 5.88. The number of carboxylic acids is 1. The number of benzene rings is 3. The number of carbonyl (C=O) groups excluding carboxylic acids is 1. The molecule has 41 heavy (non-hydrogen) atoms. The van der Waals surface area contributed by atoms with Crippen LogP contribution in [-0.2, 0) is 23.2 Å². The Hall–Kier alpha value is -3.92. The summed E-state index contributed by atoms with van der Waals surface area (Å²) >= 11 is 0. The van der Waals surface area contributed by atoms with Gasteiger partial charge in [-0.3, -0.25) is 10.2 Å². The summed E-state index contributed by atoms with van der Waals surface area (Å²) in [5, 5.41) is 18.4. The molecule has 0 spiro atoms. The van der Waals surface area contributed by atoms with E-state index in [1.54, 1.807) is 24.3 Å². The maximum atomic E-state index is 15.1. The van der Waals surface area contributed by atoms with Crippen LogP contribution in [0.15, 0.2) is 54.6 Å². The van der Waals surface area contributed by atoms with Crippen LogP contribution < -0.4 is 14.2 Å². The third-order valence-electron chi connectivity index (χ3n) is 6.86. The number of amidine groups is 1. The van der Waals surface area contributed by atoms with Gasteiger partial charge in [-0.15, -0.1) is 17.0 Å². The average molecular weight is 630 g/mol. The first-order valence-corrected chi connectivity index (χ1v) is 12.8. The molecule has 218 valence electrons. The third kappa shape index (κ3) is 6.70. The van der Waals surface area contributed by atoms with Gasteiger partial charge in [-0.1, -0.05) is 51.1 Å². The van der Waals surface area contributed by atoms with Gasteiger partial charge in [-0.2, -0.15) is 0 Å². The second kappa shape index (κ2) is 12.7. The number of methoxy groups -OCH3 is 2. The lowest BCUT2D eigenvalue weighted by atomic mass is 9.85. The molecular weight excluding hydrogens is 595 g/mol. The predicted octanol–water partition coefficient (Wildman–Crippen LogP) is 5.82. The number of halogens is 2. The van der Waals surface area contributed by atoms with Crippen molar-refractivity contribution in [2.45, 2.75) is 45.3 Å². The van der Waals surface area contributed by atoms with Crippen LogP contribution >= 0.6 is 17.0 Å². The molecule has 3 aromatic rings. The second-order valence-corrected chi connectivity index (χ2v) is 10.7. The Balaban J connectivity index is 0.00000462. The highest BCUT2D eigenvalue weighted by molar-refractivity contribution is 8.93. The van der Waals surface area contributed by atoms with E-state index in [4.69, 9.17) is 19.6 Å². The van der Waals surface area contributed by atoms with Crippen LogP contribution in [0.3, 0.4) is 0 Å². The number of hydrogen-bond donors (Lipinski definition) is 2. The minimum Gasteiger partial charge on any atom is -0.493 e. The van der Waals surface area contributed by atoms with Crippen LogP contribution in [0.1, 0.15) is 53.4 Å². The van der Waals surface area contributed by atoms with E-state index in [9.17, 15) is 14.7 Å². The summed E-state index contributed by atoms with van der Waals surface area (Å²) in [5.74, 6) is -1.65. The van der Waals surface area contributed by atoms with Gasteiger partial charge in [0.25, 0.3) is 0 Å². The zero-order valence-corrected chi connectivity index (χ0v) is 25.3. The SMILES string of the molecule is Br.COc1cc2c(c(F)c1OC)C(=N)N(CC(=O)c1ccc(OC(Cc3ccccc3)C(=O)O)c(C(C)(C)C)c1)C2. The Bertz CT molecular complexity index is 1460. The van der Waals surface area contributed by atoms with E-state index < -0.39 is 23.3 Å². The van der Waals surface area contributed by atoms with Crippen molar-refractivity contribution in [2.75, 3.05) is 20.8 Å². The highest BCUT2D eigenvalue weighted by Gasteiger charge is 2.33. The number of carbonyl (C=O) groups is 2. The lowest BCUT2D eigenvalue weighted by Crippen LogP contribution is -2.31. The number of rotatable bonds is 10. The van der Waals surface area contributed by atoms with Crippen LogP contribution in [0.2, 0.25) is 0 Å². The van der Waals surface area contributed by atoms with E-state index >= 15 is 4.39 Å². The first kappa shape index (κ1) is 31.6. The molecule has 1 aliphatic heterocycles. The van der Waals surface area contributed by atoms with Gasteiger partial charge >= 0.3 is 5.97 Å². The van der Waals surface area contributed by atoms with Crippen molar-refractivity contribution in [3.63, 3.8) is 0 Å². The van der Waals surface area contributed by atoms with Gasteiger partial charge in [0.2, 0.25) is 0 Å². The smallest absolute Gasteiger partial charge is 0.345 e. The summed E-state index contributed by atoms with van der Waals surface area (Å²) in [6.07, 6.45) is -0.929. The monoisotopic (exact) mass is 628 g/mol. The lowest BCUT2D eigenvalue weighted by molar-refractivity contribution is -0.145. The molecule has 1 heterocycles. The number of carboxylic acid groups (broad SMARTS) is 1. The number of nitrogens with zero attached hydrogens (tertiary/aromatic N) is 1. The van der Waals surface area contributed by atoms with Gasteiger partial charge in [0.1, 0.15) is 11.6 Å². The minimum atomic E-state index is -1.11. The van der Waals surface area contributed by atoms with Crippen molar-refractivity contribution in [3.05, 3.63) is 88.2 Å². The molecule has 0 aromatic heterocycles. The van der Waals surface area contributed by atoms with Gasteiger partial charge in [0.15, 0.2) is 29.2 Å². The Labute approximate surface area is 249 Å². The Kier molecular flexibility index (Phi) is 9.81. The highest BCUT2D eigenvalue weighted by Crippen LogP contribution is 2.39. The molecule has 3 aromatic carbocycles. The molecule has 4 rings (SSSR count). The van der Waals surface area contributed by atoms with Crippen molar-refractivity contribution in [1.29, 1.82) is 5.41 Å². The van der Waals surface area contributed by atoms with E-state index in [-0.39, 0.29) is 65.2 Å². The van der Waals surface area contributed by atoms with Crippen molar-refractivity contribution in [1.82, 2.24) is 4.90 Å². The lowest BCUT2D eigenvalue weighted by Gasteiger charge is -2.26. The number of ether oxygens (including phenoxy) is 3. The number of hydrogen-bond acceptors (Lipinski definition) is 6. The number of nitrogens with one attached hydrogen (secondary N) is 1. The summed E-state index contributed by atoms with van der Waals surface area (Å²) in [4.78, 5) is 26.9. The number of ketones is 1. The number of aliphatic carboxylic acids is 1. The highest BCUT2D eigenvalue weighted by atomic mass is 79.9. The summed E-state index contributed by atoms with van der Waals surface area (Å²) in [7, 11) is 2.74. The Morgan fingerprint density at radius 1 is 1.05 bits per heavy atom. The fourth-order valence-corrected chi connectivity index (χ4v) is 4.78. The van der Waals surface area contributed by atoms with Crippen LogP contribution in [-0.4, -0.2) is 54.5 Å². The van der Waals surface area contributed by atoms with Crippen LogP contribution in [0.25, 0.3) is 0 Å². The van der Waals surface area contributed by atoms with Gasteiger partial charge in [0, 0.05) is 24.1 Å². The summed E-state index contributed by atoms with van der Waals surface area (Å²) in [6, 6.07) is 15.8. The molecule has 1 unspecified atom stereocenters. The van der Waals surface area contributed by atoms with Crippen LogP contribution in [0, 0.1) is 11.2 Å². The van der Waals surface area contributed by atoms with Gasteiger partial charge in [-0.05, 0) is 40.8 Å². The molecule has 8 nitrogen and oxygen atoms in total. The molecule has 10 heteroatoms. The topological polar surface area (TPSA) is 109 Å². The predicted molar refractivity (Wildman–Crippen MR) is 159 cm³/mol. The number of Topliss-reactive ketones (excluding diaryl/α,β-unsaturated/α-hetero) is 1. The Morgan fingerprint density at radius 2 is 1.73 bits per heavy atom. The standard InChI is InChI=1S/C31H33FN2O6.BrH/c1-31(2,3)21-14-19(11-12-23(21)40-25(30(36)37)13-18-9-7-6-8-10-18)22(35)17-34-16-20-15-24(38-4)28(39-5)27(32)26(20)29(34)33;/h6-12,14-15,25,33H,13,16-17H2,1-5H3,(H,36,37);1H. The first-order chi connectivity index (χ1) is 18.9. The quantitative estimate of drug-likeness (QED) is 0.272. The van der Waals surface area contributed by atoms with Gasteiger partial charge in [-0.25, -0.2) is 9.18 Å². The second-order valence-electron chi connectivity index (χ2n) is 10.7. The number of fused-ring (bicyclic) bond motifs is 1. The van der Waals surface area contributed by atoms with E-state index in [2.05, 4.69) is 0 Å². The molecule has 1 aliphatic rings. The third-order valence-corrected chi connectivity index (χ3v) is 6.86. The van der Waals surface area contributed by atoms with Gasteiger partial charge < -0.3 is 24.2 Å². The Morgan fingerprint density at radius 3 is 2.32 bits per heavy atom. The van der Waals surface area contributed by atoms with Crippen molar-refractivity contribution in [3.8, 4) is 17.2 Å². The normalized spacial score (nSPS) is 13.2. The van der Waals surface area contributed by atoms with Crippen LogP contribution in [0.4, 0.5) is 4.39 Å². The summed E-state index contributed by atoms with van der Waals surface area (Å²) in [5.41, 5.74) is 2.05. The molecule has 0 aliphatic carbocycles.